The second-order valence-electron chi connectivity index (χ2n) is 11.7. The molecule has 42 heavy (non-hydrogen) atoms. The molecule has 2 aliphatic heterocycles. The fraction of sp³-hybridized carbons (Fsp3) is 0.412. The van der Waals surface area contributed by atoms with E-state index in [0.717, 1.165) is 36.3 Å². The van der Waals surface area contributed by atoms with E-state index in [2.05, 4.69) is 22.3 Å². The smallest absolute Gasteiger partial charge is 0.257 e. The number of rotatable bonds is 7. The second-order valence-corrected chi connectivity index (χ2v) is 11.7. The van der Waals surface area contributed by atoms with E-state index >= 15 is 0 Å². The Morgan fingerprint density at radius 2 is 1.79 bits per heavy atom. The zero-order valence-corrected chi connectivity index (χ0v) is 24.5. The quantitative estimate of drug-likeness (QED) is 0.455. The van der Waals surface area contributed by atoms with Crippen LogP contribution in [0.25, 0.3) is 0 Å². The molecule has 8 nitrogen and oxygen atoms in total. The van der Waals surface area contributed by atoms with Crippen LogP contribution in [0.1, 0.15) is 46.3 Å². The first kappa shape index (κ1) is 28.1. The van der Waals surface area contributed by atoms with E-state index in [-0.39, 0.29) is 36.1 Å². The number of carbonyl (C=O) groups excluding carboxylic acids is 2. The van der Waals surface area contributed by atoms with Crippen molar-refractivity contribution in [2.24, 2.45) is 0 Å². The number of nitrogens with zero attached hydrogens (tertiary/aromatic N) is 2. The molecule has 3 atom stereocenters. The van der Waals surface area contributed by atoms with E-state index in [9.17, 15) is 9.59 Å². The number of amides is 2. The summed E-state index contributed by atoms with van der Waals surface area (Å²) in [6.45, 7) is 1.02. The van der Waals surface area contributed by atoms with Crippen molar-refractivity contribution >= 4 is 17.5 Å². The van der Waals surface area contributed by atoms with Gasteiger partial charge in [0.2, 0.25) is 5.91 Å². The Morgan fingerprint density at radius 3 is 2.50 bits per heavy atom. The highest BCUT2D eigenvalue weighted by atomic mass is 16.5. The minimum Gasteiger partial charge on any atom is -0.497 e. The number of ether oxygens (including phenoxy) is 3. The molecule has 0 spiro atoms. The molecule has 3 aromatic rings. The van der Waals surface area contributed by atoms with Gasteiger partial charge in [-0.25, -0.2) is 0 Å². The van der Waals surface area contributed by atoms with Gasteiger partial charge in [-0.2, -0.15) is 0 Å². The molecular formula is C34H39N3O5. The number of fused-ring (bicyclic) bond motifs is 3. The summed E-state index contributed by atoms with van der Waals surface area (Å²) in [7, 11) is 5.51. The van der Waals surface area contributed by atoms with Crippen LogP contribution in [0.3, 0.4) is 0 Å². The highest BCUT2D eigenvalue weighted by molar-refractivity contribution is 5.98. The summed E-state index contributed by atoms with van der Waals surface area (Å²) in [6.07, 6.45) is 3.04. The summed E-state index contributed by atoms with van der Waals surface area (Å²) in [5, 5.41) is 3.21. The van der Waals surface area contributed by atoms with Crippen molar-refractivity contribution in [3.63, 3.8) is 0 Å². The lowest BCUT2D eigenvalue weighted by atomic mass is 9.94. The molecule has 1 saturated heterocycles. The normalized spacial score (nSPS) is 21.7. The van der Waals surface area contributed by atoms with E-state index in [1.165, 1.54) is 11.1 Å². The molecule has 3 aliphatic rings. The van der Waals surface area contributed by atoms with Gasteiger partial charge in [0.05, 0.1) is 31.2 Å². The fourth-order valence-electron chi connectivity index (χ4n) is 6.50. The number of anilines is 1. The number of benzene rings is 3. The predicted octanol–water partition coefficient (Wildman–Crippen LogP) is 4.39. The Kier molecular flexibility index (Phi) is 8.07. The molecular weight excluding hydrogens is 530 g/mol. The highest BCUT2D eigenvalue weighted by Gasteiger charge is 2.39. The molecule has 0 unspecified atom stereocenters. The first-order chi connectivity index (χ1) is 20.4. The van der Waals surface area contributed by atoms with Gasteiger partial charge in [0.25, 0.3) is 5.91 Å². The van der Waals surface area contributed by atoms with Gasteiger partial charge >= 0.3 is 0 Å². The minimum atomic E-state index is -0.299. The van der Waals surface area contributed by atoms with Crippen LogP contribution in [-0.2, 0) is 28.9 Å². The Labute approximate surface area is 247 Å². The summed E-state index contributed by atoms with van der Waals surface area (Å²) in [5.74, 6) is 1.31. The molecule has 6 rings (SSSR count). The van der Waals surface area contributed by atoms with Crippen LogP contribution in [-0.4, -0.2) is 68.8 Å². The lowest BCUT2D eigenvalue weighted by Crippen LogP contribution is -2.54. The van der Waals surface area contributed by atoms with Crippen LogP contribution in [0.2, 0.25) is 0 Å². The summed E-state index contributed by atoms with van der Waals surface area (Å²) < 4.78 is 17.9. The average molecular weight is 570 g/mol. The first-order valence-corrected chi connectivity index (χ1v) is 14.8. The summed E-state index contributed by atoms with van der Waals surface area (Å²) in [6, 6.07) is 22.1. The molecule has 0 saturated carbocycles. The fourth-order valence-corrected chi connectivity index (χ4v) is 6.50. The molecule has 2 heterocycles. The van der Waals surface area contributed by atoms with Gasteiger partial charge in [-0.05, 0) is 72.7 Å². The zero-order chi connectivity index (χ0) is 29.2. The third-order valence-electron chi connectivity index (χ3n) is 8.84. The number of hydrogen-bond donors (Lipinski definition) is 1. The van der Waals surface area contributed by atoms with Crippen molar-refractivity contribution < 1.29 is 23.8 Å². The topological polar surface area (TPSA) is 80.3 Å². The largest absolute Gasteiger partial charge is 0.497 e. The van der Waals surface area contributed by atoms with Gasteiger partial charge in [-0.15, -0.1) is 0 Å². The zero-order valence-electron chi connectivity index (χ0n) is 24.5. The maximum atomic E-state index is 13.7. The van der Waals surface area contributed by atoms with Crippen molar-refractivity contribution in [1.82, 2.24) is 10.2 Å². The summed E-state index contributed by atoms with van der Waals surface area (Å²) >= 11 is 0. The Hall–Kier alpha value is -4.04. The van der Waals surface area contributed by atoms with Gasteiger partial charge in [0, 0.05) is 32.4 Å². The number of hydrogen-bond acceptors (Lipinski definition) is 6. The number of methoxy groups -OCH3 is 1. The van der Waals surface area contributed by atoms with Crippen LogP contribution >= 0.6 is 0 Å². The Balaban J connectivity index is 1.08. The molecule has 1 aliphatic carbocycles. The summed E-state index contributed by atoms with van der Waals surface area (Å²) in [5.41, 5.74) is 5.26. The third kappa shape index (κ3) is 5.95. The van der Waals surface area contributed by atoms with Crippen LogP contribution in [0.5, 0.6) is 11.5 Å². The van der Waals surface area contributed by atoms with E-state index < -0.39 is 0 Å². The van der Waals surface area contributed by atoms with Gasteiger partial charge in [0.15, 0.2) is 0 Å². The summed E-state index contributed by atoms with van der Waals surface area (Å²) in [4.78, 5) is 30.5. The molecule has 0 radical (unpaired) electrons. The molecule has 3 aromatic carbocycles. The molecule has 0 aromatic heterocycles. The monoisotopic (exact) mass is 569 g/mol. The second kappa shape index (κ2) is 12.1. The van der Waals surface area contributed by atoms with Crippen LogP contribution < -0.4 is 19.7 Å². The lowest BCUT2D eigenvalue weighted by molar-refractivity contribution is -0.134. The number of carbonyl (C=O) groups is 2. The van der Waals surface area contributed by atoms with E-state index in [1.54, 1.807) is 12.0 Å². The molecule has 220 valence electrons. The molecule has 1 N–H and O–H groups in total. The van der Waals surface area contributed by atoms with Crippen molar-refractivity contribution in [2.75, 3.05) is 32.7 Å². The molecule has 0 bridgehead atoms. The van der Waals surface area contributed by atoms with Crippen LogP contribution in [0.15, 0.2) is 66.7 Å². The highest BCUT2D eigenvalue weighted by Crippen LogP contribution is 2.33. The molecule has 1 fully saturated rings. The predicted molar refractivity (Wildman–Crippen MR) is 161 cm³/mol. The van der Waals surface area contributed by atoms with E-state index in [0.29, 0.717) is 37.3 Å². The van der Waals surface area contributed by atoms with E-state index in [1.807, 2.05) is 68.7 Å². The number of nitrogens with one attached hydrogen (secondary N) is 1. The maximum absolute atomic E-state index is 13.7. The lowest BCUT2D eigenvalue weighted by Gasteiger charge is -2.42. The SMILES string of the molecule is COc1ccc(CN(C)c2ccc3c(c2)C(=O)N(C)[C@H]2CC[C@@H](CC(=O)NC4Cc5ccccc5C4)O[C@H]2CO3)cc1. The average Bonchev–Trinajstić information content (AvgIpc) is 3.41. The molecule has 2 amide bonds. The number of likely N-dealkylation sites (N-methyl/N-ethyl adjacent to an activating group) is 1. The van der Waals surface area contributed by atoms with Crippen LogP contribution in [0, 0.1) is 0 Å². The standard InChI is InChI=1S/C34H39N3O5/c1-36(20-22-8-11-27(40-3)12-9-22)26-10-15-31-29(18-26)34(39)37(2)30-14-13-28(42-32(30)21-41-31)19-33(38)35-25-16-23-6-4-5-7-24(23)17-25/h4-12,15,18,25,28,30,32H,13-14,16-17,19-21H2,1-3H3,(H,35,38)/t28-,30-,32-/m0/s1. The van der Waals surface area contributed by atoms with Crippen molar-refractivity contribution in [3.8, 4) is 11.5 Å². The molecule has 8 heteroatoms. The van der Waals surface area contributed by atoms with E-state index in [4.69, 9.17) is 14.2 Å². The van der Waals surface area contributed by atoms with Gasteiger partial charge in [-0.3, -0.25) is 9.59 Å². The Bertz CT molecular complexity index is 1420. The van der Waals surface area contributed by atoms with Crippen LogP contribution in [0.4, 0.5) is 5.69 Å². The van der Waals surface area contributed by atoms with Crippen molar-refractivity contribution in [1.29, 1.82) is 0 Å². The minimum absolute atomic E-state index is 0.0177. The Morgan fingerprint density at radius 1 is 1.05 bits per heavy atom. The van der Waals surface area contributed by atoms with Crippen molar-refractivity contribution in [3.05, 3.63) is 89.0 Å². The third-order valence-corrected chi connectivity index (χ3v) is 8.84. The van der Waals surface area contributed by atoms with Gasteiger partial charge < -0.3 is 29.3 Å². The van der Waals surface area contributed by atoms with Crippen molar-refractivity contribution in [2.45, 2.75) is 62.9 Å². The maximum Gasteiger partial charge on any atom is 0.257 e. The first-order valence-electron chi connectivity index (χ1n) is 14.8. The van der Waals surface area contributed by atoms with Gasteiger partial charge in [0.1, 0.15) is 24.2 Å². The van der Waals surface area contributed by atoms with Gasteiger partial charge in [-0.1, -0.05) is 36.4 Å².